The number of nitrogens with zero attached hydrogens (tertiary/aromatic N) is 1. The van der Waals surface area contributed by atoms with Gasteiger partial charge in [0.1, 0.15) is 23.4 Å². The van der Waals surface area contributed by atoms with Crippen molar-refractivity contribution < 1.29 is 39.9 Å². The Morgan fingerprint density at radius 1 is 1.20 bits per heavy atom. The molecule has 0 aliphatic heterocycles. The topological polar surface area (TPSA) is 108 Å². The molecule has 1 heterocycles. The van der Waals surface area contributed by atoms with Gasteiger partial charge in [0.2, 0.25) is 5.91 Å². The average molecular weight is 538 g/mol. The number of benzene rings is 1. The Labute approximate surface area is 201 Å². The lowest BCUT2D eigenvalue weighted by Crippen LogP contribution is -2.54. The Morgan fingerprint density at radius 3 is 2.43 bits per heavy atom. The molecule has 3 rings (SSSR count). The molecule has 0 bridgehead atoms. The molecule has 0 radical (unpaired) electrons. The van der Waals surface area contributed by atoms with Gasteiger partial charge in [-0.05, 0) is 30.4 Å². The van der Waals surface area contributed by atoms with Gasteiger partial charge in [0.25, 0.3) is 0 Å². The van der Waals surface area contributed by atoms with E-state index in [1.807, 2.05) is 6.07 Å². The van der Waals surface area contributed by atoms with Crippen LogP contribution in [-0.4, -0.2) is 44.4 Å². The third kappa shape index (κ3) is 7.36. The lowest BCUT2D eigenvalue weighted by molar-refractivity contribution is -0.159. The lowest BCUT2D eigenvalue weighted by atomic mass is 10.1. The van der Waals surface area contributed by atoms with Gasteiger partial charge in [-0.15, -0.1) is 11.3 Å². The van der Waals surface area contributed by atoms with E-state index in [1.165, 1.54) is 35.7 Å². The van der Waals surface area contributed by atoms with E-state index in [0.717, 1.165) is 17.4 Å². The number of para-hydroxylation sites is 1. The number of hydrogen-bond acceptors (Lipinski definition) is 7. The van der Waals surface area contributed by atoms with Gasteiger partial charge < -0.3 is 10.1 Å². The van der Waals surface area contributed by atoms with Gasteiger partial charge >= 0.3 is 12.8 Å². The minimum Gasteiger partial charge on any atom is -0.435 e. The average Bonchev–Trinajstić information content (AvgIpc) is 3.31. The molecule has 0 unspecified atom stereocenters. The fourth-order valence-corrected chi connectivity index (χ4v) is 5.69. The zero-order valence-corrected chi connectivity index (χ0v) is 19.5. The quantitative estimate of drug-likeness (QED) is 0.424. The van der Waals surface area contributed by atoms with Gasteiger partial charge in [0, 0.05) is 10.4 Å². The number of amides is 1. The van der Waals surface area contributed by atoms with Crippen LogP contribution in [0.15, 0.2) is 41.8 Å². The molecule has 0 spiro atoms. The number of nitrogens with one attached hydrogen (secondary N) is 2. The Balaban J connectivity index is 1.87. The summed E-state index contributed by atoms with van der Waals surface area (Å²) in [5.41, 5.74) is -1.40. The number of alkyl halides is 5. The number of hydrogen-bond donors (Lipinski definition) is 2. The first kappa shape index (κ1) is 26.8. The molecule has 2 atom stereocenters. The van der Waals surface area contributed by atoms with Crippen molar-refractivity contribution in [1.29, 1.82) is 5.26 Å². The third-order valence-electron chi connectivity index (χ3n) is 5.15. The Hall–Kier alpha value is -2.76. The Bertz CT molecular complexity index is 1180. The summed E-state index contributed by atoms with van der Waals surface area (Å²) in [4.78, 5) is 12.7. The van der Waals surface area contributed by atoms with Crippen LogP contribution >= 0.6 is 11.3 Å². The molecule has 14 heteroatoms. The van der Waals surface area contributed by atoms with Crippen molar-refractivity contribution in [2.24, 2.45) is 0 Å². The monoisotopic (exact) mass is 537 g/mol. The number of carbonyl (C=O) groups is 1. The number of ether oxygens (including phenoxy) is 1. The second-order valence-corrected chi connectivity index (χ2v) is 11.0. The largest absolute Gasteiger partial charge is 0.435 e. The smallest absolute Gasteiger partial charge is 0.408 e. The summed E-state index contributed by atoms with van der Waals surface area (Å²) in [6.07, 6.45) is -4.31. The van der Waals surface area contributed by atoms with Crippen LogP contribution in [0.3, 0.4) is 0 Å². The number of nitriles is 1. The summed E-state index contributed by atoms with van der Waals surface area (Å²) >= 11 is 0.766. The first-order valence-electron chi connectivity index (χ1n) is 10.2. The maximum atomic E-state index is 13.8. The zero-order chi connectivity index (χ0) is 25.9. The molecule has 190 valence electrons. The molecule has 1 saturated carbocycles. The first-order chi connectivity index (χ1) is 16.3. The molecule has 2 N–H and O–H groups in total. The van der Waals surface area contributed by atoms with Crippen molar-refractivity contribution in [3.8, 4) is 11.8 Å². The summed E-state index contributed by atoms with van der Waals surface area (Å²) < 4.78 is 96.9. The van der Waals surface area contributed by atoms with Gasteiger partial charge in [0.15, 0.2) is 9.84 Å². The number of thiophene rings is 1. The molecule has 1 fully saturated rings. The van der Waals surface area contributed by atoms with E-state index < -0.39 is 63.4 Å². The fourth-order valence-electron chi connectivity index (χ4n) is 3.29. The second-order valence-electron chi connectivity index (χ2n) is 7.93. The van der Waals surface area contributed by atoms with Crippen molar-refractivity contribution in [3.05, 3.63) is 52.2 Å². The summed E-state index contributed by atoms with van der Waals surface area (Å²) in [5.74, 6) is -3.44. The molecule has 2 aromatic rings. The SMILES string of the molecule is N#CC1(NC(=O)[C@H](CS(=O)(=O)Cc2ccccc2OC(F)F)N[C@@H](c2cccs2)C(F)(F)F)CC1. The summed E-state index contributed by atoms with van der Waals surface area (Å²) in [7, 11) is -4.33. The lowest BCUT2D eigenvalue weighted by Gasteiger charge is -2.27. The second kappa shape index (κ2) is 10.5. The highest BCUT2D eigenvalue weighted by Crippen LogP contribution is 2.37. The number of rotatable bonds is 11. The van der Waals surface area contributed by atoms with Crippen LogP contribution in [0.2, 0.25) is 0 Å². The number of carbonyl (C=O) groups excluding carboxylic acids is 1. The molecule has 1 aliphatic carbocycles. The van der Waals surface area contributed by atoms with Crippen LogP contribution in [0.1, 0.15) is 29.3 Å². The van der Waals surface area contributed by atoms with Crippen LogP contribution in [0.4, 0.5) is 22.0 Å². The van der Waals surface area contributed by atoms with E-state index in [4.69, 9.17) is 0 Å². The third-order valence-corrected chi connectivity index (χ3v) is 7.68. The van der Waals surface area contributed by atoms with E-state index in [1.54, 1.807) is 0 Å². The molecule has 1 aromatic carbocycles. The Kier molecular flexibility index (Phi) is 8.03. The van der Waals surface area contributed by atoms with Crippen molar-refractivity contribution >= 4 is 27.1 Å². The van der Waals surface area contributed by atoms with Crippen molar-refractivity contribution in [2.75, 3.05) is 5.75 Å². The van der Waals surface area contributed by atoms with Crippen molar-refractivity contribution in [1.82, 2.24) is 10.6 Å². The number of halogens is 5. The van der Waals surface area contributed by atoms with Crippen LogP contribution < -0.4 is 15.4 Å². The van der Waals surface area contributed by atoms with Gasteiger partial charge in [0.05, 0.1) is 17.6 Å². The summed E-state index contributed by atoms with van der Waals surface area (Å²) in [6.45, 7) is -3.22. The van der Waals surface area contributed by atoms with Gasteiger partial charge in [-0.1, -0.05) is 24.3 Å². The highest BCUT2D eigenvalue weighted by Gasteiger charge is 2.48. The van der Waals surface area contributed by atoms with E-state index in [0.29, 0.717) is 0 Å². The molecule has 35 heavy (non-hydrogen) atoms. The van der Waals surface area contributed by atoms with E-state index in [9.17, 15) is 40.4 Å². The van der Waals surface area contributed by atoms with E-state index >= 15 is 0 Å². The van der Waals surface area contributed by atoms with Crippen LogP contribution in [0, 0.1) is 11.3 Å². The first-order valence-corrected chi connectivity index (χ1v) is 12.9. The molecule has 1 aromatic heterocycles. The van der Waals surface area contributed by atoms with Crippen LogP contribution in [0.5, 0.6) is 5.75 Å². The molecular weight excluding hydrogens is 517 g/mol. The molecule has 1 aliphatic rings. The minimum atomic E-state index is -4.86. The van der Waals surface area contributed by atoms with Gasteiger partial charge in [-0.25, -0.2) is 8.42 Å². The normalized spacial score (nSPS) is 16.8. The zero-order valence-electron chi connectivity index (χ0n) is 17.9. The van der Waals surface area contributed by atoms with E-state index in [-0.39, 0.29) is 23.3 Å². The maximum absolute atomic E-state index is 13.8. The minimum absolute atomic E-state index is 0.145. The fraction of sp³-hybridized carbons (Fsp3) is 0.429. The molecule has 1 amide bonds. The van der Waals surface area contributed by atoms with Gasteiger partial charge in [-0.2, -0.15) is 27.2 Å². The predicted octanol–water partition coefficient (Wildman–Crippen LogP) is 3.70. The molecule has 0 saturated heterocycles. The highest BCUT2D eigenvalue weighted by molar-refractivity contribution is 7.90. The summed E-state index contributed by atoms with van der Waals surface area (Å²) in [5, 5.41) is 15.0. The highest BCUT2D eigenvalue weighted by atomic mass is 32.2. The summed E-state index contributed by atoms with van der Waals surface area (Å²) in [6, 6.07) is 5.26. The predicted molar refractivity (Wildman–Crippen MR) is 116 cm³/mol. The van der Waals surface area contributed by atoms with E-state index in [2.05, 4.69) is 15.4 Å². The maximum Gasteiger partial charge on any atom is 0.408 e. The van der Waals surface area contributed by atoms with Crippen LogP contribution in [-0.2, 0) is 20.4 Å². The van der Waals surface area contributed by atoms with Crippen molar-refractivity contribution in [2.45, 2.75) is 49.0 Å². The van der Waals surface area contributed by atoms with Gasteiger partial charge in [-0.3, -0.25) is 10.1 Å². The van der Waals surface area contributed by atoms with Crippen LogP contribution in [0.25, 0.3) is 0 Å². The standard InChI is InChI=1S/C21H20F5N3O4S2/c22-19(23)33-15-5-2-1-4-13(15)10-35(31,32)11-14(18(30)29-20(12-27)7-8-20)28-17(21(24,25)26)16-6-3-9-34-16/h1-6,9,14,17,19,28H,7-8,10-11H2,(H,29,30)/t14-,17-/m0/s1. The van der Waals surface area contributed by atoms with Crippen molar-refractivity contribution in [3.63, 3.8) is 0 Å². The Morgan fingerprint density at radius 2 is 1.89 bits per heavy atom. The molecule has 7 nitrogen and oxygen atoms in total. The molecular formula is C21H20F5N3O4S2. The number of sulfone groups is 1.